The summed E-state index contributed by atoms with van der Waals surface area (Å²) < 4.78 is 1.25. The summed E-state index contributed by atoms with van der Waals surface area (Å²) in [6, 6.07) is 1.68. The van der Waals surface area contributed by atoms with E-state index in [4.69, 9.17) is 0 Å². The van der Waals surface area contributed by atoms with Crippen LogP contribution in [-0.2, 0) is 7.05 Å². The standard InChI is InChI=1S/C15H18N4O3/c1-7(2)8-4-9(8)10-5-12(18-19(3)14(10)21)11-6-16-15(22)17-13(11)20/h5-9H,4H2,1-3H3,(H2,16,17,20,22)/t8-,9+/m1/s1. The van der Waals surface area contributed by atoms with Crippen LogP contribution in [0.3, 0.4) is 0 Å². The van der Waals surface area contributed by atoms with Crippen LogP contribution in [0.15, 0.2) is 26.6 Å². The fourth-order valence-corrected chi connectivity index (χ4v) is 2.94. The predicted molar refractivity (Wildman–Crippen MR) is 81.8 cm³/mol. The highest BCUT2D eigenvalue weighted by atomic mass is 16.2. The van der Waals surface area contributed by atoms with Crippen LogP contribution in [0.2, 0.25) is 0 Å². The lowest BCUT2D eigenvalue weighted by molar-refractivity contribution is 0.545. The van der Waals surface area contributed by atoms with Crippen LogP contribution in [0, 0.1) is 11.8 Å². The Bertz CT molecular complexity index is 891. The Labute approximate surface area is 126 Å². The molecule has 0 amide bonds. The number of H-pyrrole nitrogens is 2. The fourth-order valence-electron chi connectivity index (χ4n) is 2.94. The van der Waals surface area contributed by atoms with Gasteiger partial charge in [-0.15, -0.1) is 0 Å². The first kappa shape index (κ1) is 14.5. The molecule has 3 rings (SSSR count). The van der Waals surface area contributed by atoms with Crippen molar-refractivity contribution in [1.29, 1.82) is 0 Å². The molecule has 22 heavy (non-hydrogen) atoms. The third kappa shape index (κ3) is 2.43. The summed E-state index contributed by atoms with van der Waals surface area (Å²) in [6.07, 6.45) is 2.31. The van der Waals surface area contributed by atoms with Gasteiger partial charge in [-0.1, -0.05) is 13.8 Å². The van der Waals surface area contributed by atoms with Crippen molar-refractivity contribution < 1.29 is 0 Å². The first-order chi connectivity index (χ1) is 10.4. The highest BCUT2D eigenvalue weighted by Gasteiger charge is 2.42. The van der Waals surface area contributed by atoms with Crippen molar-refractivity contribution in [2.75, 3.05) is 0 Å². The van der Waals surface area contributed by atoms with E-state index in [1.54, 1.807) is 13.1 Å². The molecule has 116 valence electrons. The van der Waals surface area contributed by atoms with Crippen molar-refractivity contribution in [3.63, 3.8) is 0 Å². The average Bonchev–Trinajstić information content (AvgIpc) is 3.22. The Morgan fingerprint density at radius 2 is 2.05 bits per heavy atom. The van der Waals surface area contributed by atoms with Gasteiger partial charge in [0.05, 0.1) is 11.3 Å². The van der Waals surface area contributed by atoms with Crippen LogP contribution < -0.4 is 16.8 Å². The van der Waals surface area contributed by atoms with Crippen molar-refractivity contribution in [2.24, 2.45) is 18.9 Å². The van der Waals surface area contributed by atoms with Gasteiger partial charge in [-0.05, 0) is 30.2 Å². The molecule has 0 bridgehead atoms. The third-order valence-electron chi connectivity index (χ3n) is 4.28. The number of aromatic amines is 2. The van der Waals surface area contributed by atoms with Gasteiger partial charge >= 0.3 is 5.69 Å². The molecule has 2 heterocycles. The maximum atomic E-state index is 12.3. The molecule has 2 aromatic rings. The SMILES string of the molecule is CC(C)[C@H]1C[C@@H]1c1cc(-c2c[nH]c(=O)[nH]c2=O)nn(C)c1=O. The summed E-state index contributed by atoms with van der Waals surface area (Å²) in [5.41, 5.74) is 0.120. The van der Waals surface area contributed by atoms with E-state index < -0.39 is 11.2 Å². The highest BCUT2D eigenvalue weighted by Crippen LogP contribution is 2.50. The smallest absolute Gasteiger partial charge is 0.313 e. The molecule has 0 unspecified atom stereocenters. The van der Waals surface area contributed by atoms with Crippen LogP contribution in [0.4, 0.5) is 0 Å². The molecule has 1 aliphatic carbocycles. The average molecular weight is 302 g/mol. The monoisotopic (exact) mass is 302 g/mol. The highest BCUT2D eigenvalue weighted by molar-refractivity contribution is 5.57. The van der Waals surface area contributed by atoms with Crippen molar-refractivity contribution in [2.45, 2.75) is 26.2 Å². The normalized spacial score (nSPS) is 20.4. The maximum Gasteiger partial charge on any atom is 0.325 e. The number of nitrogens with zero attached hydrogens (tertiary/aromatic N) is 2. The van der Waals surface area contributed by atoms with Crippen LogP contribution in [-0.4, -0.2) is 19.7 Å². The summed E-state index contributed by atoms with van der Waals surface area (Å²) in [5.74, 6) is 1.24. The Balaban J connectivity index is 2.11. The van der Waals surface area contributed by atoms with Gasteiger partial charge in [-0.3, -0.25) is 14.6 Å². The minimum Gasteiger partial charge on any atom is -0.313 e. The Kier molecular flexibility index (Phi) is 3.35. The van der Waals surface area contributed by atoms with Gasteiger partial charge in [0.25, 0.3) is 11.1 Å². The largest absolute Gasteiger partial charge is 0.325 e. The van der Waals surface area contributed by atoms with E-state index in [0.29, 0.717) is 23.1 Å². The summed E-state index contributed by atoms with van der Waals surface area (Å²) in [7, 11) is 1.57. The molecular formula is C15H18N4O3. The Hall–Kier alpha value is -2.44. The molecule has 2 N–H and O–H groups in total. The Morgan fingerprint density at radius 3 is 2.64 bits per heavy atom. The molecule has 0 aliphatic heterocycles. The number of hydrogen-bond donors (Lipinski definition) is 2. The topological polar surface area (TPSA) is 101 Å². The summed E-state index contributed by atoms with van der Waals surface area (Å²) in [6.45, 7) is 4.29. The zero-order valence-corrected chi connectivity index (χ0v) is 12.7. The van der Waals surface area contributed by atoms with Gasteiger partial charge in [-0.25, -0.2) is 9.48 Å². The number of hydrogen-bond acceptors (Lipinski definition) is 4. The van der Waals surface area contributed by atoms with E-state index in [1.807, 2.05) is 0 Å². The molecule has 1 fully saturated rings. The van der Waals surface area contributed by atoms with E-state index in [9.17, 15) is 14.4 Å². The molecule has 0 radical (unpaired) electrons. The first-order valence-corrected chi connectivity index (χ1v) is 7.29. The van der Waals surface area contributed by atoms with Crippen LogP contribution in [0.1, 0.15) is 31.7 Å². The fraction of sp³-hybridized carbons (Fsp3) is 0.467. The maximum absolute atomic E-state index is 12.3. The number of rotatable bonds is 3. The van der Waals surface area contributed by atoms with E-state index in [0.717, 1.165) is 6.42 Å². The molecule has 0 aromatic carbocycles. The second kappa shape index (κ2) is 5.08. The van der Waals surface area contributed by atoms with Crippen molar-refractivity contribution in [3.8, 4) is 11.3 Å². The van der Waals surface area contributed by atoms with E-state index in [-0.39, 0.29) is 17.0 Å². The lowest BCUT2D eigenvalue weighted by Gasteiger charge is -2.08. The minimum atomic E-state index is -0.569. The molecule has 7 heteroatoms. The van der Waals surface area contributed by atoms with E-state index in [1.165, 1.54) is 10.9 Å². The van der Waals surface area contributed by atoms with Gasteiger partial charge in [-0.2, -0.15) is 5.10 Å². The molecule has 2 atom stereocenters. The molecule has 0 spiro atoms. The molecular weight excluding hydrogens is 284 g/mol. The number of aromatic nitrogens is 4. The van der Waals surface area contributed by atoms with Gasteiger partial charge < -0.3 is 4.98 Å². The Morgan fingerprint density at radius 1 is 1.32 bits per heavy atom. The quantitative estimate of drug-likeness (QED) is 0.866. The van der Waals surface area contributed by atoms with Crippen molar-refractivity contribution in [3.05, 3.63) is 49.0 Å². The van der Waals surface area contributed by atoms with Gasteiger partial charge in [0, 0.05) is 18.8 Å². The number of nitrogens with one attached hydrogen (secondary N) is 2. The third-order valence-corrected chi connectivity index (χ3v) is 4.28. The molecule has 7 nitrogen and oxygen atoms in total. The molecule has 1 saturated carbocycles. The van der Waals surface area contributed by atoms with Gasteiger partial charge in [0.15, 0.2) is 0 Å². The lowest BCUT2D eigenvalue weighted by atomic mass is 10.0. The van der Waals surface area contributed by atoms with E-state index in [2.05, 4.69) is 28.9 Å². The summed E-state index contributed by atoms with van der Waals surface area (Å²) in [5, 5.41) is 4.14. The summed E-state index contributed by atoms with van der Waals surface area (Å²) >= 11 is 0. The van der Waals surface area contributed by atoms with Crippen LogP contribution in [0.5, 0.6) is 0 Å². The lowest BCUT2D eigenvalue weighted by Crippen LogP contribution is -2.27. The second-order valence-electron chi connectivity index (χ2n) is 6.15. The molecule has 1 aliphatic rings. The number of aryl methyl sites for hydroxylation is 1. The van der Waals surface area contributed by atoms with Gasteiger partial charge in [0.1, 0.15) is 0 Å². The summed E-state index contributed by atoms with van der Waals surface area (Å²) in [4.78, 5) is 39.9. The van der Waals surface area contributed by atoms with Crippen molar-refractivity contribution in [1.82, 2.24) is 19.7 Å². The minimum absolute atomic E-state index is 0.127. The first-order valence-electron chi connectivity index (χ1n) is 7.29. The predicted octanol–water partition coefficient (Wildman–Crippen LogP) is 0.583. The van der Waals surface area contributed by atoms with Crippen LogP contribution in [0.25, 0.3) is 11.3 Å². The molecule has 2 aromatic heterocycles. The van der Waals surface area contributed by atoms with Crippen LogP contribution >= 0.6 is 0 Å². The zero-order chi connectivity index (χ0) is 16.0. The van der Waals surface area contributed by atoms with E-state index >= 15 is 0 Å². The van der Waals surface area contributed by atoms with Gasteiger partial charge in [0.2, 0.25) is 0 Å². The zero-order valence-electron chi connectivity index (χ0n) is 12.7. The second-order valence-corrected chi connectivity index (χ2v) is 6.15. The molecule has 0 saturated heterocycles. The van der Waals surface area contributed by atoms with Crippen molar-refractivity contribution >= 4 is 0 Å².